The minimum absolute atomic E-state index is 0. The second kappa shape index (κ2) is 12.8. The maximum atomic E-state index is 12.6. The van der Waals surface area contributed by atoms with Crippen LogP contribution in [0.5, 0.6) is 0 Å². The largest absolute Gasteiger partial charge is 0.478 e. The number of nitrogens with zero attached hydrogens (tertiary/aromatic N) is 1. The van der Waals surface area contributed by atoms with Crippen LogP contribution in [0.4, 0.5) is 4.39 Å². The van der Waals surface area contributed by atoms with E-state index >= 15 is 0 Å². The molecule has 0 aromatic heterocycles. The minimum Gasteiger partial charge on any atom is -0.478 e. The van der Waals surface area contributed by atoms with Gasteiger partial charge < -0.3 is 10.0 Å². The standard InChI is InChI=1S/C34H42FNO2.ClH/c1-34(2)16-13-26(14-17-34)30-6-3-5-28-22-29(33(37)38)11-12-31(28)32(30)27-9-7-24(8-10-27)21-25-15-20-36(23-25)19-4-18-35;/h7-13,22,25H,3-6,14-21,23H2,1-2H3,(H,37,38);1H. The van der Waals surface area contributed by atoms with Gasteiger partial charge >= 0.3 is 5.97 Å². The predicted molar refractivity (Wildman–Crippen MR) is 161 cm³/mol. The van der Waals surface area contributed by atoms with Crippen molar-refractivity contribution in [3.63, 3.8) is 0 Å². The maximum absolute atomic E-state index is 12.6. The highest BCUT2D eigenvalue weighted by Gasteiger charge is 2.27. The zero-order valence-electron chi connectivity index (χ0n) is 23.5. The van der Waals surface area contributed by atoms with E-state index in [1.807, 2.05) is 12.1 Å². The summed E-state index contributed by atoms with van der Waals surface area (Å²) in [5, 5.41) is 9.61. The number of rotatable bonds is 8. The fourth-order valence-corrected chi connectivity index (χ4v) is 6.63. The Labute approximate surface area is 239 Å². The summed E-state index contributed by atoms with van der Waals surface area (Å²) in [5.74, 6) is -0.224. The lowest BCUT2D eigenvalue weighted by Gasteiger charge is -2.30. The average Bonchev–Trinajstić information content (AvgIpc) is 3.26. The van der Waals surface area contributed by atoms with Gasteiger partial charge in [-0.05, 0) is 127 Å². The molecule has 0 spiro atoms. The molecule has 1 unspecified atom stereocenters. The number of hydrogen-bond donors (Lipinski definition) is 1. The number of carbonyl (C=O) groups is 1. The van der Waals surface area contributed by atoms with E-state index in [-0.39, 0.29) is 19.1 Å². The Kier molecular flexibility index (Phi) is 9.72. The molecule has 1 atom stereocenters. The first-order valence-corrected chi connectivity index (χ1v) is 14.5. The number of carboxylic acids is 1. The number of carboxylic acid groups (broad SMARTS) is 1. The van der Waals surface area contributed by atoms with Crippen molar-refractivity contribution in [1.82, 2.24) is 4.90 Å². The van der Waals surface area contributed by atoms with Crippen molar-refractivity contribution >= 4 is 23.9 Å². The molecule has 1 N–H and O–H groups in total. The van der Waals surface area contributed by atoms with Crippen LogP contribution in [0.3, 0.4) is 0 Å². The minimum atomic E-state index is -0.862. The number of aryl methyl sites for hydroxylation is 1. The summed E-state index contributed by atoms with van der Waals surface area (Å²) >= 11 is 0. The number of likely N-dealkylation sites (tertiary alicyclic amines) is 1. The Morgan fingerprint density at radius 3 is 2.59 bits per heavy atom. The molecule has 1 heterocycles. The fourth-order valence-electron chi connectivity index (χ4n) is 6.63. The fraction of sp³-hybridized carbons (Fsp3) is 0.500. The second-order valence-corrected chi connectivity index (χ2v) is 12.4. The molecule has 210 valence electrons. The van der Waals surface area contributed by atoms with Crippen molar-refractivity contribution in [3.05, 3.63) is 87.5 Å². The van der Waals surface area contributed by atoms with E-state index in [9.17, 15) is 14.3 Å². The van der Waals surface area contributed by atoms with Gasteiger partial charge in [0.25, 0.3) is 0 Å². The van der Waals surface area contributed by atoms with Crippen LogP contribution in [-0.2, 0) is 12.8 Å². The van der Waals surface area contributed by atoms with Crippen molar-refractivity contribution in [1.29, 1.82) is 0 Å². The summed E-state index contributed by atoms with van der Waals surface area (Å²) in [5.41, 5.74) is 9.90. The molecule has 2 aromatic carbocycles. The second-order valence-electron chi connectivity index (χ2n) is 12.4. The lowest BCUT2D eigenvalue weighted by molar-refractivity contribution is 0.0696. The van der Waals surface area contributed by atoms with Crippen molar-refractivity contribution in [2.45, 2.75) is 71.6 Å². The zero-order chi connectivity index (χ0) is 26.7. The maximum Gasteiger partial charge on any atom is 0.335 e. The molecule has 0 radical (unpaired) electrons. The van der Waals surface area contributed by atoms with Gasteiger partial charge in [-0.3, -0.25) is 4.39 Å². The number of alkyl halides is 1. The monoisotopic (exact) mass is 551 g/mol. The van der Waals surface area contributed by atoms with Gasteiger partial charge in [0.05, 0.1) is 12.2 Å². The van der Waals surface area contributed by atoms with Crippen LogP contribution in [0.15, 0.2) is 59.7 Å². The Morgan fingerprint density at radius 2 is 1.90 bits per heavy atom. The topological polar surface area (TPSA) is 40.5 Å². The van der Waals surface area contributed by atoms with E-state index in [0.29, 0.717) is 23.3 Å². The van der Waals surface area contributed by atoms with Crippen molar-refractivity contribution in [2.24, 2.45) is 11.3 Å². The smallest absolute Gasteiger partial charge is 0.335 e. The molecule has 3 nitrogen and oxygen atoms in total. The molecule has 0 amide bonds. The van der Waals surface area contributed by atoms with Crippen molar-refractivity contribution < 1.29 is 14.3 Å². The highest BCUT2D eigenvalue weighted by atomic mass is 35.5. The molecule has 39 heavy (non-hydrogen) atoms. The molecule has 1 aliphatic heterocycles. The van der Waals surface area contributed by atoms with Gasteiger partial charge in [-0.2, -0.15) is 0 Å². The lowest BCUT2D eigenvalue weighted by Crippen LogP contribution is -2.22. The Hall–Kier alpha value is -2.43. The van der Waals surface area contributed by atoms with Crippen LogP contribution >= 0.6 is 12.4 Å². The van der Waals surface area contributed by atoms with Crippen LogP contribution in [-0.4, -0.2) is 42.3 Å². The van der Waals surface area contributed by atoms with Crippen LogP contribution in [0.2, 0.25) is 0 Å². The molecular weight excluding hydrogens is 509 g/mol. The van der Waals surface area contributed by atoms with Gasteiger partial charge in [0.2, 0.25) is 0 Å². The number of halogens is 2. The molecule has 0 bridgehead atoms. The number of aromatic carboxylic acids is 1. The van der Waals surface area contributed by atoms with Gasteiger partial charge in [0.1, 0.15) is 0 Å². The molecular formula is C34H43ClFNO2. The quantitative estimate of drug-likeness (QED) is 0.358. The van der Waals surface area contributed by atoms with Crippen LogP contribution in [0.1, 0.15) is 91.4 Å². The van der Waals surface area contributed by atoms with Gasteiger partial charge in [-0.1, -0.05) is 50.3 Å². The lowest BCUT2D eigenvalue weighted by atomic mass is 9.75. The van der Waals surface area contributed by atoms with Gasteiger partial charge in [-0.25, -0.2) is 4.79 Å². The molecule has 1 fully saturated rings. The van der Waals surface area contributed by atoms with Crippen LogP contribution < -0.4 is 0 Å². The van der Waals surface area contributed by atoms with E-state index < -0.39 is 5.97 Å². The highest BCUT2D eigenvalue weighted by Crippen LogP contribution is 2.44. The van der Waals surface area contributed by atoms with E-state index in [1.54, 1.807) is 6.07 Å². The van der Waals surface area contributed by atoms with E-state index in [0.717, 1.165) is 63.7 Å². The molecule has 3 aliphatic rings. The average molecular weight is 552 g/mol. The normalized spacial score (nSPS) is 21.1. The van der Waals surface area contributed by atoms with E-state index in [4.69, 9.17) is 0 Å². The molecule has 1 saturated heterocycles. The molecule has 0 saturated carbocycles. The first-order chi connectivity index (χ1) is 18.3. The van der Waals surface area contributed by atoms with E-state index in [2.05, 4.69) is 49.1 Å². The zero-order valence-corrected chi connectivity index (χ0v) is 24.3. The Bertz CT molecular complexity index is 1230. The third-order valence-corrected chi connectivity index (χ3v) is 8.90. The Morgan fingerprint density at radius 1 is 1.10 bits per heavy atom. The van der Waals surface area contributed by atoms with E-state index in [1.165, 1.54) is 46.3 Å². The first-order valence-electron chi connectivity index (χ1n) is 14.5. The first kappa shape index (κ1) is 29.6. The van der Waals surface area contributed by atoms with Gasteiger partial charge in [-0.15, -0.1) is 12.4 Å². The molecule has 2 aromatic rings. The Balaban J connectivity index is 0.00000353. The van der Waals surface area contributed by atoms with Crippen molar-refractivity contribution in [3.8, 4) is 0 Å². The SMILES string of the molecule is CC1(C)CC=C(C2=C(c3ccc(CC4CCN(CCCF)C4)cc3)c3ccc(C(=O)O)cc3CCC2)CC1.Cl. The molecule has 2 aliphatic carbocycles. The predicted octanol–water partition coefficient (Wildman–Crippen LogP) is 8.31. The summed E-state index contributed by atoms with van der Waals surface area (Å²) in [7, 11) is 0. The third kappa shape index (κ3) is 7.02. The van der Waals surface area contributed by atoms with Crippen LogP contribution in [0, 0.1) is 11.3 Å². The van der Waals surface area contributed by atoms with Crippen molar-refractivity contribution in [2.75, 3.05) is 26.3 Å². The molecule has 5 rings (SSSR count). The third-order valence-electron chi connectivity index (χ3n) is 8.90. The highest BCUT2D eigenvalue weighted by molar-refractivity contribution is 5.91. The number of benzene rings is 2. The van der Waals surface area contributed by atoms with Gasteiger partial charge in [0, 0.05) is 13.1 Å². The summed E-state index contributed by atoms with van der Waals surface area (Å²) in [6.45, 7) is 7.51. The summed E-state index contributed by atoms with van der Waals surface area (Å²) in [4.78, 5) is 14.1. The number of allylic oxidation sites excluding steroid dienone is 3. The molecule has 5 heteroatoms. The number of fused-ring (bicyclic) bond motifs is 1. The summed E-state index contributed by atoms with van der Waals surface area (Å²) in [6, 6.07) is 14.9. The van der Waals surface area contributed by atoms with Crippen LogP contribution in [0.25, 0.3) is 5.57 Å². The van der Waals surface area contributed by atoms with Gasteiger partial charge in [0.15, 0.2) is 0 Å². The number of hydrogen-bond acceptors (Lipinski definition) is 2. The summed E-state index contributed by atoms with van der Waals surface area (Å²) < 4.78 is 12.6. The summed E-state index contributed by atoms with van der Waals surface area (Å²) in [6.07, 6.45) is 11.7.